The summed E-state index contributed by atoms with van der Waals surface area (Å²) in [5, 5.41) is 6.50. The number of rotatable bonds is 2. The number of nitrogens with one attached hydrogen (secondary N) is 2. The summed E-state index contributed by atoms with van der Waals surface area (Å²) in [4.78, 5) is 20.5. The minimum Gasteiger partial charge on any atom is -0.307 e. The molecule has 1 aromatic carbocycles. The Hall–Kier alpha value is -2.95. The van der Waals surface area contributed by atoms with Crippen molar-refractivity contribution < 1.29 is 4.79 Å². The van der Waals surface area contributed by atoms with Gasteiger partial charge >= 0.3 is 6.03 Å². The number of nitrogens with zero attached hydrogens (tertiary/aromatic N) is 2. The van der Waals surface area contributed by atoms with Gasteiger partial charge in [-0.3, -0.25) is 9.97 Å². The molecule has 3 aromatic rings. The fraction of sp³-hybridized carbons (Fsp3) is 0.0625. The van der Waals surface area contributed by atoms with Crippen LogP contribution in [0.3, 0.4) is 0 Å². The van der Waals surface area contributed by atoms with Crippen LogP contribution in [0.4, 0.5) is 16.2 Å². The van der Waals surface area contributed by atoms with E-state index in [1.54, 1.807) is 24.5 Å². The first-order valence-electron chi connectivity index (χ1n) is 6.57. The highest BCUT2D eigenvalue weighted by Crippen LogP contribution is 2.23. The minimum atomic E-state index is -0.307. The van der Waals surface area contributed by atoms with Crippen molar-refractivity contribution in [1.29, 1.82) is 0 Å². The molecule has 2 amide bonds. The van der Waals surface area contributed by atoms with Crippen LogP contribution in [0.2, 0.25) is 0 Å². The Kier molecular flexibility index (Phi) is 3.47. The van der Waals surface area contributed by atoms with Crippen LogP contribution < -0.4 is 10.6 Å². The molecule has 0 unspecified atom stereocenters. The maximum atomic E-state index is 12.1. The lowest BCUT2D eigenvalue weighted by atomic mass is 10.1. The zero-order chi connectivity index (χ0) is 14.7. The monoisotopic (exact) mass is 278 g/mol. The normalized spacial score (nSPS) is 10.3. The van der Waals surface area contributed by atoms with E-state index in [1.807, 2.05) is 37.3 Å². The summed E-state index contributed by atoms with van der Waals surface area (Å²) < 4.78 is 0. The topological polar surface area (TPSA) is 66.9 Å². The molecule has 0 bridgehead atoms. The van der Waals surface area contributed by atoms with Crippen molar-refractivity contribution in [3.63, 3.8) is 0 Å². The van der Waals surface area contributed by atoms with Crippen molar-refractivity contribution in [1.82, 2.24) is 9.97 Å². The summed E-state index contributed by atoms with van der Waals surface area (Å²) >= 11 is 0. The summed E-state index contributed by atoms with van der Waals surface area (Å²) in [5.41, 5.74) is 3.09. The number of urea groups is 1. The molecule has 0 aliphatic rings. The number of hydrogen-bond donors (Lipinski definition) is 2. The molecule has 5 nitrogen and oxygen atoms in total. The molecule has 0 spiro atoms. The van der Waals surface area contributed by atoms with E-state index >= 15 is 0 Å². The van der Waals surface area contributed by atoms with Gasteiger partial charge in [0.05, 0.1) is 23.1 Å². The standard InChI is InChI=1S/C16H14N4O/c1-11-9-15(13-6-2-3-7-14(13)18-11)20-16(21)19-12-5-4-8-17-10-12/h2-10H,1H3,(H2,18,19,20,21). The first-order chi connectivity index (χ1) is 10.2. The number of amides is 2. The molecule has 0 fully saturated rings. The smallest absolute Gasteiger partial charge is 0.307 e. The third-order valence-corrected chi connectivity index (χ3v) is 3.01. The number of carbonyl (C=O) groups is 1. The van der Waals surface area contributed by atoms with Crippen molar-refractivity contribution in [3.05, 3.63) is 60.6 Å². The maximum Gasteiger partial charge on any atom is 0.323 e. The second kappa shape index (κ2) is 5.58. The SMILES string of the molecule is Cc1cc(NC(=O)Nc2cccnc2)c2ccccc2n1. The molecule has 0 aliphatic carbocycles. The third-order valence-electron chi connectivity index (χ3n) is 3.01. The fourth-order valence-electron chi connectivity index (χ4n) is 2.13. The summed E-state index contributed by atoms with van der Waals surface area (Å²) in [6, 6.07) is 12.8. The van der Waals surface area contributed by atoms with Crippen molar-refractivity contribution in [2.75, 3.05) is 10.6 Å². The Morgan fingerprint density at radius 3 is 2.76 bits per heavy atom. The molecular weight excluding hydrogens is 264 g/mol. The van der Waals surface area contributed by atoms with E-state index in [1.165, 1.54) is 0 Å². The van der Waals surface area contributed by atoms with E-state index in [9.17, 15) is 4.79 Å². The molecule has 5 heteroatoms. The largest absolute Gasteiger partial charge is 0.323 e. The van der Waals surface area contributed by atoms with Gasteiger partial charge in [0.2, 0.25) is 0 Å². The van der Waals surface area contributed by atoms with E-state index in [4.69, 9.17) is 0 Å². The van der Waals surface area contributed by atoms with E-state index in [0.29, 0.717) is 5.69 Å². The number of para-hydroxylation sites is 1. The summed E-state index contributed by atoms with van der Waals surface area (Å²) in [7, 11) is 0. The van der Waals surface area contributed by atoms with Gasteiger partial charge in [-0.25, -0.2) is 4.79 Å². The number of carbonyl (C=O) groups excluding carboxylic acids is 1. The predicted octanol–water partition coefficient (Wildman–Crippen LogP) is 3.58. The average Bonchev–Trinajstić information content (AvgIpc) is 2.48. The van der Waals surface area contributed by atoms with Gasteiger partial charge in [-0.2, -0.15) is 0 Å². The molecule has 2 heterocycles. The molecule has 0 aliphatic heterocycles. The molecule has 2 N–H and O–H groups in total. The van der Waals surface area contributed by atoms with Gasteiger partial charge in [-0.1, -0.05) is 18.2 Å². The molecule has 0 saturated heterocycles. The zero-order valence-electron chi connectivity index (χ0n) is 11.5. The van der Waals surface area contributed by atoms with Crippen molar-refractivity contribution in [2.24, 2.45) is 0 Å². The zero-order valence-corrected chi connectivity index (χ0v) is 11.5. The molecule has 0 radical (unpaired) electrons. The van der Waals surface area contributed by atoms with Crippen LogP contribution in [0.1, 0.15) is 5.69 Å². The number of fused-ring (bicyclic) bond motifs is 1. The number of aryl methyl sites for hydroxylation is 1. The molecule has 3 rings (SSSR count). The molecule has 104 valence electrons. The Morgan fingerprint density at radius 1 is 1.10 bits per heavy atom. The molecule has 21 heavy (non-hydrogen) atoms. The highest BCUT2D eigenvalue weighted by atomic mass is 16.2. The van der Waals surface area contributed by atoms with Gasteiger partial charge < -0.3 is 10.6 Å². The number of anilines is 2. The van der Waals surface area contributed by atoms with Crippen LogP contribution in [0.15, 0.2) is 54.9 Å². The number of pyridine rings is 2. The minimum absolute atomic E-state index is 0.307. The highest BCUT2D eigenvalue weighted by Gasteiger charge is 2.07. The lowest BCUT2D eigenvalue weighted by molar-refractivity contribution is 0.262. The van der Waals surface area contributed by atoms with Gasteiger partial charge in [0.1, 0.15) is 0 Å². The third kappa shape index (κ3) is 2.97. The quantitative estimate of drug-likeness (QED) is 0.753. The number of aromatic nitrogens is 2. The average molecular weight is 278 g/mol. The van der Waals surface area contributed by atoms with Gasteiger partial charge in [-0.15, -0.1) is 0 Å². The van der Waals surface area contributed by atoms with E-state index in [-0.39, 0.29) is 6.03 Å². The Labute approximate surface area is 122 Å². The highest BCUT2D eigenvalue weighted by molar-refractivity contribution is 6.05. The number of benzene rings is 1. The fourth-order valence-corrected chi connectivity index (χ4v) is 2.13. The lowest BCUT2D eigenvalue weighted by Gasteiger charge is -2.10. The summed E-state index contributed by atoms with van der Waals surface area (Å²) in [6.45, 7) is 1.90. The molecule has 0 saturated carbocycles. The van der Waals surface area contributed by atoms with E-state index in [2.05, 4.69) is 20.6 Å². The second-order valence-electron chi connectivity index (χ2n) is 4.65. The second-order valence-corrected chi connectivity index (χ2v) is 4.65. The predicted molar refractivity (Wildman–Crippen MR) is 83.4 cm³/mol. The van der Waals surface area contributed by atoms with Gasteiger partial charge in [0.15, 0.2) is 0 Å². The van der Waals surface area contributed by atoms with Crippen LogP contribution in [0.5, 0.6) is 0 Å². The summed E-state index contributed by atoms with van der Waals surface area (Å²) in [5.74, 6) is 0. The maximum absolute atomic E-state index is 12.1. The van der Waals surface area contributed by atoms with Crippen molar-refractivity contribution in [2.45, 2.75) is 6.92 Å². The van der Waals surface area contributed by atoms with Crippen molar-refractivity contribution >= 4 is 28.3 Å². The number of hydrogen-bond acceptors (Lipinski definition) is 3. The Balaban J connectivity index is 1.86. The first kappa shape index (κ1) is 13.1. The lowest BCUT2D eigenvalue weighted by Crippen LogP contribution is -2.19. The van der Waals surface area contributed by atoms with Crippen LogP contribution in [-0.4, -0.2) is 16.0 Å². The van der Waals surface area contributed by atoms with Gasteiger partial charge in [0.25, 0.3) is 0 Å². The van der Waals surface area contributed by atoms with Crippen LogP contribution in [-0.2, 0) is 0 Å². The Bertz CT molecular complexity index is 787. The molecule has 0 atom stereocenters. The van der Waals surface area contributed by atoms with Gasteiger partial charge in [0, 0.05) is 17.3 Å². The van der Waals surface area contributed by atoms with E-state index < -0.39 is 0 Å². The Morgan fingerprint density at radius 2 is 1.95 bits per heavy atom. The molecule has 2 aromatic heterocycles. The van der Waals surface area contributed by atoms with Gasteiger partial charge in [-0.05, 0) is 31.2 Å². The van der Waals surface area contributed by atoms with Crippen LogP contribution >= 0.6 is 0 Å². The van der Waals surface area contributed by atoms with Crippen molar-refractivity contribution in [3.8, 4) is 0 Å². The van der Waals surface area contributed by atoms with Crippen LogP contribution in [0.25, 0.3) is 10.9 Å². The van der Waals surface area contributed by atoms with Crippen LogP contribution in [0, 0.1) is 6.92 Å². The summed E-state index contributed by atoms with van der Waals surface area (Å²) in [6.07, 6.45) is 3.25. The molecular formula is C16H14N4O. The van der Waals surface area contributed by atoms with E-state index in [0.717, 1.165) is 22.3 Å². The first-order valence-corrected chi connectivity index (χ1v) is 6.57.